The van der Waals surface area contributed by atoms with Gasteiger partial charge in [0.2, 0.25) is 0 Å². The molecule has 3 heterocycles. The van der Waals surface area contributed by atoms with Crippen molar-refractivity contribution in [3.8, 4) is 0 Å². The highest BCUT2D eigenvalue weighted by Crippen LogP contribution is 2.49. The fraction of sp³-hybridized carbons (Fsp3) is 0.172. The molecule has 8 nitrogen and oxygen atoms in total. The van der Waals surface area contributed by atoms with Crippen LogP contribution in [0, 0.1) is 0 Å². The second-order valence-corrected chi connectivity index (χ2v) is 10.5. The maximum Gasteiger partial charge on any atom is 0.350 e. The Hall–Kier alpha value is -4.14. The predicted octanol–water partition coefficient (Wildman–Crippen LogP) is 5.68. The molecule has 1 unspecified atom stereocenters. The number of esters is 2. The number of ether oxygens (including phenoxy) is 2. The third-order valence-electron chi connectivity index (χ3n) is 6.76. The van der Waals surface area contributed by atoms with E-state index >= 15 is 0 Å². The molecule has 1 saturated heterocycles. The lowest BCUT2D eigenvalue weighted by Crippen LogP contribution is -2.67. The molecular weight excluding hydrogens is 543 g/mol. The van der Waals surface area contributed by atoms with Gasteiger partial charge in [0.15, 0.2) is 5.43 Å². The highest BCUT2D eigenvalue weighted by Gasteiger charge is 2.70. The number of para-hydroxylation sites is 2. The average molecular weight is 563 g/mol. The van der Waals surface area contributed by atoms with Crippen LogP contribution in [0.2, 0.25) is 10.0 Å². The van der Waals surface area contributed by atoms with E-state index in [4.69, 9.17) is 42.2 Å². The number of rotatable bonds is 3. The van der Waals surface area contributed by atoms with Crippen molar-refractivity contribution in [2.75, 3.05) is 5.01 Å². The van der Waals surface area contributed by atoms with Gasteiger partial charge in [-0.15, -0.1) is 0 Å². The molecule has 196 valence electrons. The summed E-state index contributed by atoms with van der Waals surface area (Å²) in [6.45, 7) is 2.91. The first kappa shape index (κ1) is 25.2. The average Bonchev–Trinajstić information content (AvgIpc) is 3.25. The number of hydrogen-bond donors (Lipinski definition) is 0. The van der Waals surface area contributed by atoms with Crippen LogP contribution in [0.1, 0.15) is 30.9 Å². The smallest absolute Gasteiger partial charge is 0.350 e. The van der Waals surface area contributed by atoms with Crippen molar-refractivity contribution in [3.63, 3.8) is 0 Å². The number of carbonyl (C=O) groups excluding carboxylic acids is 2. The lowest BCUT2D eigenvalue weighted by atomic mass is 9.74. The van der Waals surface area contributed by atoms with E-state index in [1.165, 1.54) is 31.2 Å². The van der Waals surface area contributed by atoms with Gasteiger partial charge in [-0.2, -0.15) is 5.10 Å². The second-order valence-electron chi connectivity index (χ2n) is 9.65. The molecule has 4 aromatic rings. The van der Waals surface area contributed by atoms with Crippen molar-refractivity contribution >= 4 is 57.5 Å². The Labute approximate surface area is 232 Å². The summed E-state index contributed by atoms with van der Waals surface area (Å²) < 4.78 is 17.1. The summed E-state index contributed by atoms with van der Waals surface area (Å²) >= 11 is 12.8. The Kier molecular flexibility index (Phi) is 5.78. The van der Waals surface area contributed by atoms with Gasteiger partial charge in [-0.05, 0) is 36.4 Å². The van der Waals surface area contributed by atoms with Crippen molar-refractivity contribution in [1.82, 2.24) is 0 Å². The first-order valence-electron chi connectivity index (χ1n) is 12.0. The van der Waals surface area contributed by atoms with Crippen molar-refractivity contribution in [2.24, 2.45) is 5.10 Å². The van der Waals surface area contributed by atoms with Crippen LogP contribution in [-0.4, -0.2) is 29.0 Å². The molecule has 0 saturated carbocycles. The van der Waals surface area contributed by atoms with E-state index in [1.54, 1.807) is 66.7 Å². The molecule has 0 bridgehead atoms. The van der Waals surface area contributed by atoms with Crippen molar-refractivity contribution < 1.29 is 23.5 Å². The van der Waals surface area contributed by atoms with E-state index in [9.17, 15) is 14.4 Å². The molecule has 10 heteroatoms. The number of carbonyl (C=O) groups is 2. The van der Waals surface area contributed by atoms with Gasteiger partial charge in [0, 0.05) is 30.0 Å². The summed E-state index contributed by atoms with van der Waals surface area (Å²) in [6.07, 6.45) is 1.24. The van der Waals surface area contributed by atoms with E-state index in [1.807, 2.05) is 0 Å². The first-order valence-corrected chi connectivity index (χ1v) is 12.8. The minimum Gasteiger partial charge on any atom is -0.464 e. The standard InChI is InChI=1S/C29H20Cl2N2O6/c1-28(2)38-26(35)29(27(36)39-28)23(20-15-37-22-11-7-6-10-19(22)25(20)34)24(18-13-12-16(30)14-21(18)31)32-33(29)17-8-4-3-5-9-17/h3-15,23H,1-2H3. The molecule has 0 amide bonds. The van der Waals surface area contributed by atoms with Gasteiger partial charge in [0.05, 0.1) is 34.0 Å². The van der Waals surface area contributed by atoms with Crippen molar-refractivity contribution in [2.45, 2.75) is 31.1 Å². The predicted molar refractivity (Wildman–Crippen MR) is 146 cm³/mol. The molecule has 1 fully saturated rings. The molecule has 39 heavy (non-hydrogen) atoms. The number of hydrogen-bond acceptors (Lipinski definition) is 8. The topological polar surface area (TPSA) is 98.4 Å². The van der Waals surface area contributed by atoms with Gasteiger partial charge in [-0.3, -0.25) is 4.79 Å². The molecule has 1 spiro atoms. The third-order valence-corrected chi connectivity index (χ3v) is 7.31. The third kappa shape index (κ3) is 3.82. The summed E-state index contributed by atoms with van der Waals surface area (Å²) in [5, 5.41) is 6.85. The molecule has 3 aromatic carbocycles. The number of fused-ring (bicyclic) bond motifs is 1. The SMILES string of the molecule is CC1(C)OC(=O)C2(C(=O)O1)C(c1coc3ccccc3c1=O)C(c1ccc(Cl)cc1Cl)=NN2c1ccccc1. The van der Waals surface area contributed by atoms with Gasteiger partial charge < -0.3 is 13.9 Å². The van der Waals surface area contributed by atoms with Crippen molar-refractivity contribution in [1.29, 1.82) is 0 Å². The van der Waals surface area contributed by atoms with Gasteiger partial charge in [-0.1, -0.05) is 59.6 Å². The fourth-order valence-corrected chi connectivity index (χ4v) is 5.59. The van der Waals surface area contributed by atoms with E-state index in [2.05, 4.69) is 0 Å². The van der Waals surface area contributed by atoms with E-state index in [0.717, 1.165) is 0 Å². The lowest BCUT2D eigenvalue weighted by molar-refractivity contribution is -0.242. The Morgan fingerprint density at radius 1 is 0.872 bits per heavy atom. The fourth-order valence-electron chi connectivity index (χ4n) is 5.08. The second kappa shape index (κ2) is 8.97. The number of benzene rings is 3. The molecule has 1 atom stereocenters. The number of cyclic esters (lactones) is 2. The van der Waals surface area contributed by atoms with Crippen LogP contribution in [0.4, 0.5) is 5.69 Å². The summed E-state index contributed by atoms with van der Waals surface area (Å²) in [5.74, 6) is -4.74. The molecule has 2 aliphatic heterocycles. The molecule has 6 rings (SSSR count). The monoisotopic (exact) mass is 562 g/mol. The van der Waals surface area contributed by atoms with Crippen LogP contribution < -0.4 is 10.4 Å². The highest BCUT2D eigenvalue weighted by atomic mass is 35.5. The van der Waals surface area contributed by atoms with Crippen LogP contribution >= 0.6 is 23.2 Å². The largest absolute Gasteiger partial charge is 0.464 e. The minimum absolute atomic E-state index is 0.00510. The van der Waals surface area contributed by atoms with E-state index in [0.29, 0.717) is 21.9 Å². The number of anilines is 1. The molecular formula is C29H20Cl2N2O6. The van der Waals surface area contributed by atoms with Gasteiger partial charge >= 0.3 is 11.9 Å². The zero-order chi connectivity index (χ0) is 27.5. The normalized spacial score (nSPS) is 19.6. The minimum atomic E-state index is -2.24. The van der Waals surface area contributed by atoms with Gasteiger partial charge in [0.1, 0.15) is 5.58 Å². The number of halogens is 2. The van der Waals surface area contributed by atoms with E-state index < -0.39 is 34.6 Å². The number of nitrogens with zero attached hydrogens (tertiary/aromatic N) is 2. The molecule has 0 N–H and O–H groups in total. The lowest BCUT2D eigenvalue weighted by Gasteiger charge is -2.44. The van der Waals surface area contributed by atoms with Crippen LogP contribution in [0.15, 0.2) is 93.4 Å². The first-order chi connectivity index (χ1) is 18.6. The summed E-state index contributed by atoms with van der Waals surface area (Å²) in [6, 6.07) is 20.0. The summed E-state index contributed by atoms with van der Waals surface area (Å²) in [5.41, 5.74) is -1.42. The van der Waals surface area contributed by atoms with Crippen molar-refractivity contribution in [3.05, 3.63) is 110 Å². The zero-order valence-corrected chi connectivity index (χ0v) is 22.2. The Bertz CT molecular complexity index is 1730. The van der Waals surface area contributed by atoms with Gasteiger partial charge in [0.25, 0.3) is 11.3 Å². The Morgan fingerprint density at radius 3 is 2.23 bits per heavy atom. The molecule has 2 aliphatic rings. The molecule has 0 radical (unpaired) electrons. The quantitative estimate of drug-likeness (QED) is 0.234. The molecule has 0 aliphatic carbocycles. The Balaban J connectivity index is 1.71. The molecule has 1 aromatic heterocycles. The van der Waals surface area contributed by atoms with Gasteiger partial charge in [-0.25, -0.2) is 14.6 Å². The van der Waals surface area contributed by atoms with Crippen LogP contribution in [0.3, 0.4) is 0 Å². The maximum atomic E-state index is 14.1. The highest BCUT2D eigenvalue weighted by molar-refractivity contribution is 6.38. The summed E-state index contributed by atoms with van der Waals surface area (Å²) in [7, 11) is 0. The zero-order valence-electron chi connectivity index (χ0n) is 20.7. The summed E-state index contributed by atoms with van der Waals surface area (Å²) in [4.78, 5) is 42.1. The Morgan fingerprint density at radius 2 is 1.54 bits per heavy atom. The van der Waals surface area contributed by atoms with E-state index in [-0.39, 0.29) is 21.7 Å². The van der Waals surface area contributed by atoms with Crippen LogP contribution in [0.25, 0.3) is 11.0 Å². The number of hydrazone groups is 1. The van der Waals surface area contributed by atoms with Crippen LogP contribution in [0.5, 0.6) is 0 Å². The maximum absolute atomic E-state index is 14.1. The van der Waals surface area contributed by atoms with Crippen LogP contribution in [-0.2, 0) is 19.1 Å².